The number of carboxylic acid groups (broad SMARTS) is 1. The van der Waals surface area contributed by atoms with E-state index in [1.54, 1.807) is 25.1 Å². The van der Waals surface area contributed by atoms with Gasteiger partial charge in [0.15, 0.2) is 5.71 Å². The SMILES string of the molecule is Cc1ccc(-c2c(C(F)(F)F)ccc3c2NC(=O)C3=NNc2cc(Cl)cc(-c3ccc(F)c(C(=O)O)c3)c2O)cc1C. The van der Waals surface area contributed by atoms with Crippen molar-refractivity contribution in [3.8, 4) is 28.0 Å². The van der Waals surface area contributed by atoms with Gasteiger partial charge in [-0.15, -0.1) is 0 Å². The second-order valence-corrected chi connectivity index (χ2v) is 10.0. The van der Waals surface area contributed by atoms with Crippen molar-refractivity contribution in [2.24, 2.45) is 5.10 Å². The molecule has 0 aliphatic carbocycles. The predicted molar refractivity (Wildman–Crippen MR) is 151 cm³/mol. The molecule has 4 N–H and O–H groups in total. The summed E-state index contributed by atoms with van der Waals surface area (Å²) in [4.78, 5) is 24.3. The standard InChI is InChI=1S/C30H20ClF4N3O4/c1-13-3-4-16(9-14(13)2)24-21(30(33,34)35)7-6-18-25(24)36-28(40)26(18)38-37-23-12-17(31)11-19(27(23)39)15-5-8-22(32)20(10-15)29(41)42/h3-12,37,39H,1-2H3,(H,41,42)(H,36,38,40). The van der Waals surface area contributed by atoms with Crippen LogP contribution in [0.3, 0.4) is 0 Å². The first-order chi connectivity index (χ1) is 19.8. The van der Waals surface area contributed by atoms with Crippen molar-refractivity contribution in [2.45, 2.75) is 20.0 Å². The Kier molecular flexibility index (Phi) is 7.15. The molecule has 4 aromatic rings. The Morgan fingerprint density at radius 2 is 1.67 bits per heavy atom. The number of hydrogen-bond donors (Lipinski definition) is 4. The van der Waals surface area contributed by atoms with Crippen molar-refractivity contribution in [3.05, 3.63) is 99.3 Å². The van der Waals surface area contributed by atoms with E-state index in [1.807, 2.05) is 6.92 Å². The first kappa shape index (κ1) is 28.6. The van der Waals surface area contributed by atoms with Gasteiger partial charge in [-0.25, -0.2) is 9.18 Å². The van der Waals surface area contributed by atoms with Gasteiger partial charge >= 0.3 is 12.1 Å². The highest BCUT2D eigenvalue weighted by atomic mass is 35.5. The molecule has 1 aliphatic rings. The number of carbonyl (C=O) groups is 2. The van der Waals surface area contributed by atoms with Gasteiger partial charge in [-0.05, 0) is 72.5 Å². The maximum Gasteiger partial charge on any atom is 0.417 e. The van der Waals surface area contributed by atoms with Gasteiger partial charge in [0.2, 0.25) is 0 Å². The number of halogens is 5. The van der Waals surface area contributed by atoms with Crippen LogP contribution in [0.25, 0.3) is 22.3 Å². The number of hydrogen-bond acceptors (Lipinski definition) is 5. The molecule has 4 aromatic carbocycles. The van der Waals surface area contributed by atoms with Crippen LogP contribution < -0.4 is 10.7 Å². The zero-order valence-corrected chi connectivity index (χ0v) is 22.6. The Hall–Kier alpha value is -4.90. The molecule has 12 heteroatoms. The van der Waals surface area contributed by atoms with Crippen LogP contribution in [0.5, 0.6) is 5.75 Å². The number of amides is 1. The van der Waals surface area contributed by atoms with Crippen LogP contribution in [0.1, 0.15) is 32.6 Å². The lowest BCUT2D eigenvalue weighted by Crippen LogP contribution is -2.16. The van der Waals surface area contributed by atoms with Crippen molar-refractivity contribution in [1.29, 1.82) is 0 Å². The third-order valence-electron chi connectivity index (χ3n) is 6.89. The van der Waals surface area contributed by atoms with Gasteiger partial charge in [0, 0.05) is 21.7 Å². The minimum absolute atomic E-state index is 0.0378. The maximum atomic E-state index is 14.0. The Balaban J connectivity index is 1.59. The third kappa shape index (κ3) is 5.14. The van der Waals surface area contributed by atoms with Gasteiger partial charge in [-0.1, -0.05) is 35.9 Å². The van der Waals surface area contributed by atoms with Crippen molar-refractivity contribution in [3.63, 3.8) is 0 Å². The summed E-state index contributed by atoms with van der Waals surface area (Å²) in [5.41, 5.74) is 2.51. The van der Waals surface area contributed by atoms with E-state index in [0.717, 1.165) is 35.4 Å². The lowest BCUT2D eigenvalue weighted by atomic mass is 9.92. The molecular formula is C30H20ClF4N3O4. The smallest absolute Gasteiger partial charge is 0.417 e. The molecule has 42 heavy (non-hydrogen) atoms. The summed E-state index contributed by atoms with van der Waals surface area (Å²) in [6, 6.07) is 12.6. The molecule has 214 valence electrons. The lowest BCUT2D eigenvalue weighted by molar-refractivity contribution is -0.137. The normalized spacial score (nSPS) is 13.7. The predicted octanol–water partition coefficient (Wildman–Crippen LogP) is 7.62. The number of phenols is 1. The number of benzene rings is 4. The molecule has 0 aromatic heterocycles. The molecule has 0 fully saturated rings. The molecule has 1 heterocycles. The summed E-state index contributed by atoms with van der Waals surface area (Å²) in [5, 5.41) is 26.8. The number of anilines is 2. The second kappa shape index (κ2) is 10.5. The van der Waals surface area contributed by atoms with Crippen LogP contribution in [-0.4, -0.2) is 27.8 Å². The molecule has 1 aliphatic heterocycles. The molecule has 0 saturated heterocycles. The number of carboxylic acids is 1. The highest BCUT2D eigenvalue weighted by Gasteiger charge is 2.39. The van der Waals surface area contributed by atoms with Crippen LogP contribution in [-0.2, 0) is 11.0 Å². The van der Waals surface area contributed by atoms with E-state index in [9.17, 15) is 37.4 Å². The fraction of sp³-hybridized carbons (Fsp3) is 0.100. The lowest BCUT2D eigenvalue weighted by Gasteiger charge is -2.17. The number of nitrogens with one attached hydrogen (secondary N) is 2. The van der Waals surface area contributed by atoms with Crippen LogP contribution in [0.15, 0.2) is 65.8 Å². The van der Waals surface area contributed by atoms with Gasteiger partial charge < -0.3 is 15.5 Å². The first-order valence-electron chi connectivity index (χ1n) is 12.3. The fourth-order valence-electron chi connectivity index (χ4n) is 4.65. The summed E-state index contributed by atoms with van der Waals surface area (Å²) >= 11 is 6.21. The average molecular weight is 598 g/mol. The van der Waals surface area contributed by atoms with Crippen LogP contribution in [0.2, 0.25) is 5.02 Å². The van der Waals surface area contributed by atoms with Crippen LogP contribution in [0.4, 0.5) is 28.9 Å². The summed E-state index contributed by atoms with van der Waals surface area (Å²) in [6.07, 6.45) is -4.71. The van der Waals surface area contributed by atoms with Crippen LogP contribution in [0, 0.1) is 19.7 Å². The van der Waals surface area contributed by atoms with Gasteiger partial charge in [-0.3, -0.25) is 10.2 Å². The number of aromatic hydroxyl groups is 1. The number of aromatic carboxylic acids is 1. The molecule has 0 radical (unpaired) electrons. The molecule has 0 saturated carbocycles. The zero-order chi connectivity index (χ0) is 30.5. The van der Waals surface area contributed by atoms with E-state index in [2.05, 4.69) is 15.8 Å². The van der Waals surface area contributed by atoms with E-state index in [0.29, 0.717) is 0 Å². The molecule has 0 unspecified atom stereocenters. The highest BCUT2D eigenvalue weighted by Crippen LogP contribution is 2.45. The Labute approximate surface area is 241 Å². The number of hydrazone groups is 1. The maximum absolute atomic E-state index is 14.0. The van der Waals surface area contributed by atoms with E-state index in [1.165, 1.54) is 18.2 Å². The molecule has 0 atom stereocenters. The minimum atomic E-state index is -4.71. The number of carbonyl (C=O) groups excluding carboxylic acids is 1. The molecule has 7 nitrogen and oxygen atoms in total. The van der Waals surface area contributed by atoms with Crippen molar-refractivity contribution >= 4 is 40.6 Å². The number of aryl methyl sites for hydroxylation is 2. The van der Waals surface area contributed by atoms with E-state index >= 15 is 0 Å². The Bertz CT molecular complexity index is 1840. The quantitative estimate of drug-likeness (QED) is 0.107. The number of fused-ring (bicyclic) bond motifs is 1. The molecule has 5 rings (SSSR count). The average Bonchev–Trinajstić information content (AvgIpc) is 3.24. The zero-order valence-electron chi connectivity index (χ0n) is 21.8. The number of nitrogens with zero attached hydrogens (tertiary/aromatic N) is 1. The van der Waals surface area contributed by atoms with Crippen molar-refractivity contribution < 1.29 is 37.4 Å². The van der Waals surface area contributed by atoms with Gasteiger partial charge in [0.25, 0.3) is 5.91 Å². The van der Waals surface area contributed by atoms with E-state index < -0.39 is 40.7 Å². The van der Waals surface area contributed by atoms with Gasteiger partial charge in [0.05, 0.1) is 16.8 Å². The van der Waals surface area contributed by atoms with E-state index in [4.69, 9.17) is 11.6 Å². The second-order valence-electron chi connectivity index (χ2n) is 9.58. The monoisotopic (exact) mass is 597 g/mol. The summed E-state index contributed by atoms with van der Waals surface area (Å²) < 4.78 is 56.1. The molecule has 1 amide bonds. The summed E-state index contributed by atoms with van der Waals surface area (Å²) in [5.74, 6) is -3.72. The van der Waals surface area contributed by atoms with Crippen LogP contribution >= 0.6 is 11.6 Å². The fourth-order valence-corrected chi connectivity index (χ4v) is 4.86. The molecule has 0 spiro atoms. The Morgan fingerprint density at radius 1 is 0.952 bits per heavy atom. The number of alkyl halides is 3. The highest BCUT2D eigenvalue weighted by molar-refractivity contribution is 6.54. The summed E-state index contributed by atoms with van der Waals surface area (Å²) in [6.45, 7) is 3.60. The van der Waals surface area contributed by atoms with E-state index in [-0.39, 0.29) is 49.9 Å². The molecular weight excluding hydrogens is 578 g/mol. The topological polar surface area (TPSA) is 111 Å². The van der Waals surface area contributed by atoms with Crippen molar-refractivity contribution in [1.82, 2.24) is 0 Å². The number of phenolic OH excluding ortho intramolecular Hbond substituents is 1. The number of rotatable bonds is 5. The minimum Gasteiger partial charge on any atom is -0.505 e. The van der Waals surface area contributed by atoms with Gasteiger partial charge in [0.1, 0.15) is 17.3 Å². The summed E-state index contributed by atoms with van der Waals surface area (Å²) in [7, 11) is 0. The Morgan fingerprint density at radius 3 is 2.33 bits per heavy atom. The molecule has 0 bridgehead atoms. The first-order valence-corrected chi connectivity index (χ1v) is 12.7. The third-order valence-corrected chi connectivity index (χ3v) is 7.10. The van der Waals surface area contributed by atoms with Crippen molar-refractivity contribution in [2.75, 3.05) is 10.7 Å². The van der Waals surface area contributed by atoms with Gasteiger partial charge in [-0.2, -0.15) is 18.3 Å². The largest absolute Gasteiger partial charge is 0.505 e.